The number of benzene rings is 1. The molecule has 19 heavy (non-hydrogen) atoms. The van der Waals surface area contributed by atoms with Gasteiger partial charge in [-0.1, -0.05) is 43.7 Å². The fourth-order valence-electron chi connectivity index (χ4n) is 2.97. The molecule has 1 aromatic heterocycles. The van der Waals surface area contributed by atoms with Gasteiger partial charge in [-0.05, 0) is 19.4 Å². The van der Waals surface area contributed by atoms with Crippen molar-refractivity contribution in [3.63, 3.8) is 0 Å². The fraction of sp³-hybridized carbons (Fsp3) is 0.467. The minimum Gasteiger partial charge on any atom is -0.316 e. The molecule has 0 saturated carbocycles. The number of H-pyrrole nitrogens is 1. The van der Waals surface area contributed by atoms with Gasteiger partial charge in [-0.25, -0.2) is 4.98 Å². The molecule has 1 unspecified atom stereocenters. The van der Waals surface area contributed by atoms with E-state index in [4.69, 9.17) is 4.98 Å². The van der Waals surface area contributed by atoms with Gasteiger partial charge in [0.1, 0.15) is 5.82 Å². The third kappa shape index (κ3) is 2.28. The zero-order valence-electron chi connectivity index (χ0n) is 11.3. The van der Waals surface area contributed by atoms with Crippen LogP contribution in [0.4, 0.5) is 0 Å². The number of aromatic nitrogens is 3. The molecule has 1 aliphatic rings. The molecule has 4 heteroatoms. The van der Waals surface area contributed by atoms with Crippen LogP contribution >= 0.6 is 0 Å². The van der Waals surface area contributed by atoms with Crippen molar-refractivity contribution in [2.75, 3.05) is 13.1 Å². The van der Waals surface area contributed by atoms with E-state index in [2.05, 4.69) is 22.4 Å². The highest BCUT2D eigenvalue weighted by molar-refractivity contribution is 5.54. The lowest BCUT2D eigenvalue weighted by atomic mass is 9.82. The molecule has 2 aromatic rings. The second-order valence-corrected chi connectivity index (χ2v) is 5.33. The van der Waals surface area contributed by atoms with Gasteiger partial charge in [-0.15, -0.1) is 0 Å². The van der Waals surface area contributed by atoms with Crippen LogP contribution in [0.1, 0.15) is 32.0 Å². The van der Waals surface area contributed by atoms with Crippen molar-refractivity contribution in [1.82, 2.24) is 20.5 Å². The highest BCUT2D eigenvalue weighted by Crippen LogP contribution is 2.33. The topological polar surface area (TPSA) is 53.6 Å². The van der Waals surface area contributed by atoms with E-state index < -0.39 is 0 Å². The molecular formula is C15H20N4. The normalized spacial score (nSPS) is 22.8. The first-order valence-electron chi connectivity index (χ1n) is 7.03. The summed E-state index contributed by atoms with van der Waals surface area (Å²) in [5.74, 6) is 1.84. The minimum atomic E-state index is 0.148. The summed E-state index contributed by atoms with van der Waals surface area (Å²) in [7, 11) is 0. The Morgan fingerprint density at radius 2 is 2.11 bits per heavy atom. The maximum atomic E-state index is 4.75. The van der Waals surface area contributed by atoms with Gasteiger partial charge in [0.2, 0.25) is 0 Å². The first-order chi connectivity index (χ1) is 9.34. The standard InChI is InChI=1S/C15H20N4/c1-2-8-15(9-10-16-11-15)14-17-13(18-19-14)12-6-4-3-5-7-12/h3-7,16H,2,8-11H2,1H3,(H,17,18,19). The van der Waals surface area contributed by atoms with Gasteiger partial charge >= 0.3 is 0 Å². The Labute approximate surface area is 113 Å². The molecule has 1 fully saturated rings. The summed E-state index contributed by atoms with van der Waals surface area (Å²) in [6.45, 7) is 4.31. The van der Waals surface area contributed by atoms with E-state index in [0.29, 0.717) is 0 Å². The lowest BCUT2D eigenvalue weighted by Gasteiger charge is -2.24. The molecular weight excluding hydrogens is 236 g/mol. The molecule has 1 aromatic carbocycles. The number of rotatable bonds is 4. The summed E-state index contributed by atoms with van der Waals surface area (Å²) >= 11 is 0. The van der Waals surface area contributed by atoms with Gasteiger partial charge in [0.05, 0.1) is 0 Å². The second-order valence-electron chi connectivity index (χ2n) is 5.33. The average Bonchev–Trinajstić information content (AvgIpc) is 3.09. The molecule has 0 spiro atoms. The monoisotopic (exact) mass is 256 g/mol. The Balaban J connectivity index is 1.92. The third-order valence-corrected chi connectivity index (χ3v) is 3.99. The van der Waals surface area contributed by atoms with Gasteiger partial charge in [-0.3, -0.25) is 5.10 Å². The molecule has 4 nitrogen and oxygen atoms in total. The molecule has 3 rings (SSSR count). The Kier molecular flexibility index (Phi) is 3.34. The van der Waals surface area contributed by atoms with Crippen LogP contribution in [0.5, 0.6) is 0 Å². The SMILES string of the molecule is CCCC1(c2nc(-c3ccccc3)n[nH]2)CCNC1. The zero-order valence-corrected chi connectivity index (χ0v) is 11.3. The number of nitrogens with one attached hydrogen (secondary N) is 2. The molecule has 2 heterocycles. The Morgan fingerprint density at radius 3 is 2.79 bits per heavy atom. The largest absolute Gasteiger partial charge is 0.316 e. The summed E-state index contributed by atoms with van der Waals surface area (Å²) in [6.07, 6.45) is 3.47. The second kappa shape index (κ2) is 5.13. The molecule has 0 amide bonds. The number of aromatic amines is 1. The summed E-state index contributed by atoms with van der Waals surface area (Å²) in [6, 6.07) is 10.1. The summed E-state index contributed by atoms with van der Waals surface area (Å²) in [4.78, 5) is 4.75. The molecule has 0 aliphatic carbocycles. The van der Waals surface area contributed by atoms with E-state index in [0.717, 1.165) is 43.1 Å². The molecule has 1 aliphatic heterocycles. The van der Waals surface area contributed by atoms with Crippen molar-refractivity contribution in [1.29, 1.82) is 0 Å². The Morgan fingerprint density at radius 1 is 1.26 bits per heavy atom. The molecule has 0 radical (unpaired) electrons. The Bertz CT molecular complexity index is 526. The quantitative estimate of drug-likeness (QED) is 0.883. The van der Waals surface area contributed by atoms with E-state index in [1.165, 1.54) is 6.42 Å². The van der Waals surface area contributed by atoms with E-state index in [-0.39, 0.29) is 5.41 Å². The van der Waals surface area contributed by atoms with E-state index in [1.54, 1.807) is 0 Å². The summed E-state index contributed by atoms with van der Waals surface area (Å²) in [5, 5.41) is 11.0. The highest BCUT2D eigenvalue weighted by Gasteiger charge is 2.37. The van der Waals surface area contributed by atoms with Crippen LogP contribution in [0.25, 0.3) is 11.4 Å². The molecule has 1 saturated heterocycles. The van der Waals surface area contributed by atoms with Crippen molar-refractivity contribution in [3.8, 4) is 11.4 Å². The van der Waals surface area contributed by atoms with Crippen LogP contribution < -0.4 is 5.32 Å². The van der Waals surface area contributed by atoms with Gasteiger partial charge in [0, 0.05) is 17.5 Å². The van der Waals surface area contributed by atoms with Gasteiger partial charge in [0.15, 0.2) is 5.82 Å². The van der Waals surface area contributed by atoms with Crippen LogP contribution in [0.2, 0.25) is 0 Å². The third-order valence-electron chi connectivity index (χ3n) is 3.99. The summed E-state index contributed by atoms with van der Waals surface area (Å²) in [5.41, 5.74) is 1.22. The highest BCUT2D eigenvalue weighted by atomic mass is 15.2. The number of nitrogens with zero attached hydrogens (tertiary/aromatic N) is 2. The van der Waals surface area contributed by atoms with E-state index >= 15 is 0 Å². The predicted molar refractivity (Wildman–Crippen MR) is 75.9 cm³/mol. The molecule has 1 atom stereocenters. The predicted octanol–water partition coefficient (Wildman–Crippen LogP) is 2.50. The lowest BCUT2D eigenvalue weighted by Crippen LogP contribution is -2.30. The fourth-order valence-corrected chi connectivity index (χ4v) is 2.97. The molecule has 100 valence electrons. The lowest BCUT2D eigenvalue weighted by molar-refractivity contribution is 0.403. The maximum absolute atomic E-state index is 4.75. The first kappa shape index (κ1) is 12.4. The average molecular weight is 256 g/mol. The number of hydrogen-bond donors (Lipinski definition) is 2. The molecule has 2 N–H and O–H groups in total. The Hall–Kier alpha value is -1.68. The van der Waals surface area contributed by atoms with Gasteiger partial charge in [-0.2, -0.15) is 5.10 Å². The van der Waals surface area contributed by atoms with Crippen LogP contribution in [-0.2, 0) is 5.41 Å². The van der Waals surface area contributed by atoms with Crippen LogP contribution in [0.3, 0.4) is 0 Å². The number of hydrogen-bond acceptors (Lipinski definition) is 3. The van der Waals surface area contributed by atoms with Gasteiger partial charge < -0.3 is 5.32 Å². The maximum Gasteiger partial charge on any atom is 0.181 e. The van der Waals surface area contributed by atoms with Crippen molar-refractivity contribution < 1.29 is 0 Å². The minimum absolute atomic E-state index is 0.148. The van der Waals surface area contributed by atoms with Crippen molar-refractivity contribution in [3.05, 3.63) is 36.2 Å². The van der Waals surface area contributed by atoms with Crippen LogP contribution in [0.15, 0.2) is 30.3 Å². The summed E-state index contributed by atoms with van der Waals surface area (Å²) < 4.78 is 0. The van der Waals surface area contributed by atoms with Crippen LogP contribution in [-0.4, -0.2) is 28.3 Å². The van der Waals surface area contributed by atoms with Gasteiger partial charge in [0.25, 0.3) is 0 Å². The van der Waals surface area contributed by atoms with E-state index in [9.17, 15) is 0 Å². The van der Waals surface area contributed by atoms with Crippen molar-refractivity contribution in [2.45, 2.75) is 31.6 Å². The molecule has 0 bridgehead atoms. The van der Waals surface area contributed by atoms with E-state index in [1.807, 2.05) is 30.3 Å². The first-order valence-corrected chi connectivity index (χ1v) is 7.03. The zero-order chi connectivity index (χ0) is 13.1. The van der Waals surface area contributed by atoms with Crippen LogP contribution in [0, 0.1) is 0 Å². The smallest absolute Gasteiger partial charge is 0.181 e. The van der Waals surface area contributed by atoms with Crippen molar-refractivity contribution >= 4 is 0 Å². The van der Waals surface area contributed by atoms with Crippen molar-refractivity contribution in [2.24, 2.45) is 0 Å².